The summed E-state index contributed by atoms with van der Waals surface area (Å²) in [5, 5.41) is 19.7. The molecule has 0 amide bonds. The maximum absolute atomic E-state index is 12.6. The van der Waals surface area contributed by atoms with Gasteiger partial charge in [-0.3, -0.25) is 10.1 Å². The molecule has 0 fully saturated rings. The van der Waals surface area contributed by atoms with Crippen LogP contribution in [-0.2, 0) is 4.74 Å². The first-order valence-electron chi connectivity index (χ1n) is 5.35. The van der Waals surface area contributed by atoms with Gasteiger partial charge in [-0.2, -0.15) is 18.4 Å². The molecule has 0 aliphatic carbocycles. The highest BCUT2D eigenvalue weighted by Crippen LogP contribution is 2.44. The van der Waals surface area contributed by atoms with Crippen LogP contribution in [0.1, 0.15) is 22.8 Å². The summed E-state index contributed by atoms with van der Waals surface area (Å²) in [6.07, 6.45) is 0. The quantitative estimate of drug-likeness (QED) is 0.366. The SMILES string of the molecule is CCOC(=O)c1ccc(C#N)c([N+](=O)[O-])c1SC(F)(F)F. The highest BCUT2D eigenvalue weighted by molar-refractivity contribution is 8.00. The molecule has 0 bridgehead atoms. The highest BCUT2D eigenvalue weighted by atomic mass is 32.2. The number of rotatable bonds is 4. The molecule has 0 N–H and O–H groups in total. The maximum atomic E-state index is 12.6. The molecule has 0 saturated heterocycles. The van der Waals surface area contributed by atoms with Crippen LogP contribution in [0.25, 0.3) is 0 Å². The van der Waals surface area contributed by atoms with Crippen molar-refractivity contribution in [2.45, 2.75) is 17.3 Å². The van der Waals surface area contributed by atoms with Crippen LogP contribution in [0, 0.1) is 21.4 Å². The van der Waals surface area contributed by atoms with Crippen LogP contribution in [0.2, 0.25) is 0 Å². The van der Waals surface area contributed by atoms with E-state index in [0.29, 0.717) is 0 Å². The van der Waals surface area contributed by atoms with Gasteiger partial charge in [-0.05, 0) is 30.8 Å². The molecule has 0 radical (unpaired) electrons. The minimum absolute atomic E-state index is 0.108. The average Bonchev–Trinajstić information content (AvgIpc) is 2.35. The molecule has 1 rings (SSSR count). The van der Waals surface area contributed by atoms with Gasteiger partial charge in [0.1, 0.15) is 16.5 Å². The molecule has 0 heterocycles. The van der Waals surface area contributed by atoms with Gasteiger partial charge >= 0.3 is 17.2 Å². The zero-order valence-electron chi connectivity index (χ0n) is 10.4. The average molecular weight is 320 g/mol. The third kappa shape index (κ3) is 4.09. The van der Waals surface area contributed by atoms with Crippen LogP contribution in [-0.4, -0.2) is 23.0 Å². The van der Waals surface area contributed by atoms with E-state index >= 15 is 0 Å². The Labute approximate surface area is 120 Å². The molecular formula is C11H7F3N2O4S. The zero-order valence-corrected chi connectivity index (χ0v) is 11.2. The smallest absolute Gasteiger partial charge is 0.446 e. The number of nitriles is 1. The van der Waals surface area contributed by atoms with Gasteiger partial charge in [0.15, 0.2) is 0 Å². The molecule has 0 atom stereocenters. The van der Waals surface area contributed by atoms with Crippen molar-refractivity contribution in [1.29, 1.82) is 5.26 Å². The second kappa shape index (κ2) is 6.45. The van der Waals surface area contributed by atoms with Gasteiger partial charge in [-0.25, -0.2) is 4.79 Å². The van der Waals surface area contributed by atoms with E-state index in [-0.39, 0.29) is 6.61 Å². The standard InChI is InChI=1S/C11H7F3N2O4S/c1-2-20-10(17)7-4-3-6(5-15)8(16(18)19)9(7)21-11(12,13)14/h3-4H,2H2,1H3. The Morgan fingerprint density at radius 3 is 2.57 bits per heavy atom. The van der Waals surface area contributed by atoms with Gasteiger partial charge in [-0.1, -0.05) is 0 Å². The number of halogens is 3. The molecule has 0 aliphatic rings. The summed E-state index contributed by atoms with van der Waals surface area (Å²) in [6.45, 7) is 1.33. The summed E-state index contributed by atoms with van der Waals surface area (Å²) in [6, 6.07) is 3.23. The van der Waals surface area contributed by atoms with Crippen LogP contribution in [0.5, 0.6) is 0 Å². The molecule has 112 valence electrons. The van der Waals surface area contributed by atoms with Crippen molar-refractivity contribution in [2.75, 3.05) is 6.61 Å². The topological polar surface area (TPSA) is 93.2 Å². The second-order valence-corrected chi connectivity index (χ2v) is 4.55. The molecule has 0 unspecified atom stereocenters. The van der Waals surface area contributed by atoms with E-state index in [1.165, 1.54) is 13.0 Å². The van der Waals surface area contributed by atoms with Crippen LogP contribution in [0.4, 0.5) is 18.9 Å². The van der Waals surface area contributed by atoms with Crippen LogP contribution in [0.15, 0.2) is 17.0 Å². The third-order valence-corrected chi connectivity index (χ3v) is 3.00. The lowest BCUT2D eigenvalue weighted by Crippen LogP contribution is -2.11. The zero-order chi connectivity index (χ0) is 16.2. The molecule has 0 aliphatic heterocycles. The summed E-state index contributed by atoms with van der Waals surface area (Å²) < 4.78 is 42.2. The summed E-state index contributed by atoms with van der Waals surface area (Å²) in [4.78, 5) is 20.5. The predicted octanol–water partition coefficient (Wildman–Crippen LogP) is 3.26. The Bertz CT molecular complexity index is 625. The Hall–Kier alpha value is -2.28. The lowest BCUT2D eigenvalue weighted by Gasteiger charge is -2.11. The number of esters is 1. The summed E-state index contributed by atoms with van der Waals surface area (Å²) in [7, 11) is 0. The summed E-state index contributed by atoms with van der Waals surface area (Å²) in [5.41, 5.74) is -7.10. The molecule has 10 heteroatoms. The Balaban J connectivity index is 3.59. The second-order valence-electron chi connectivity index (χ2n) is 3.48. The van der Waals surface area contributed by atoms with Crippen molar-refractivity contribution in [3.05, 3.63) is 33.4 Å². The van der Waals surface area contributed by atoms with E-state index < -0.39 is 49.9 Å². The van der Waals surface area contributed by atoms with Crippen LogP contribution >= 0.6 is 11.8 Å². The van der Waals surface area contributed by atoms with E-state index in [9.17, 15) is 28.1 Å². The number of carbonyl (C=O) groups is 1. The minimum atomic E-state index is -4.86. The van der Waals surface area contributed by atoms with Gasteiger partial charge in [0, 0.05) is 0 Å². The predicted molar refractivity (Wildman–Crippen MR) is 65.7 cm³/mol. The fourth-order valence-corrected chi connectivity index (χ4v) is 2.21. The fourth-order valence-electron chi connectivity index (χ4n) is 1.43. The van der Waals surface area contributed by atoms with Gasteiger partial charge in [-0.15, -0.1) is 0 Å². The number of carbonyl (C=O) groups excluding carboxylic acids is 1. The monoisotopic (exact) mass is 320 g/mol. The van der Waals surface area contributed by atoms with E-state index in [2.05, 4.69) is 4.74 Å². The number of nitro benzene ring substituents is 1. The van der Waals surface area contributed by atoms with E-state index in [0.717, 1.165) is 12.1 Å². The largest absolute Gasteiger partial charge is 0.462 e. The number of hydrogen-bond acceptors (Lipinski definition) is 6. The van der Waals surface area contributed by atoms with Crippen LogP contribution < -0.4 is 0 Å². The summed E-state index contributed by atoms with van der Waals surface area (Å²) >= 11 is -0.828. The van der Waals surface area contributed by atoms with Crippen molar-refractivity contribution in [2.24, 2.45) is 0 Å². The van der Waals surface area contributed by atoms with Crippen molar-refractivity contribution in [3.8, 4) is 6.07 Å². The number of alkyl halides is 3. The Kier molecular flexibility index (Phi) is 5.15. The first-order valence-corrected chi connectivity index (χ1v) is 6.17. The highest BCUT2D eigenvalue weighted by Gasteiger charge is 2.37. The molecule has 1 aromatic rings. The molecular weight excluding hydrogens is 313 g/mol. The normalized spacial score (nSPS) is 10.8. The number of hydrogen-bond donors (Lipinski definition) is 0. The lowest BCUT2D eigenvalue weighted by molar-refractivity contribution is -0.388. The fraction of sp³-hybridized carbons (Fsp3) is 0.273. The maximum Gasteiger partial charge on any atom is 0.446 e. The van der Waals surface area contributed by atoms with Gasteiger partial charge in [0.2, 0.25) is 0 Å². The Morgan fingerprint density at radius 2 is 2.14 bits per heavy atom. The number of ether oxygens (including phenoxy) is 1. The van der Waals surface area contributed by atoms with E-state index in [1.807, 2.05) is 0 Å². The Morgan fingerprint density at radius 1 is 1.52 bits per heavy atom. The number of nitrogens with zero attached hydrogens (tertiary/aromatic N) is 2. The van der Waals surface area contributed by atoms with E-state index in [4.69, 9.17) is 5.26 Å². The molecule has 0 spiro atoms. The van der Waals surface area contributed by atoms with Crippen molar-refractivity contribution < 1.29 is 27.6 Å². The van der Waals surface area contributed by atoms with Crippen molar-refractivity contribution in [3.63, 3.8) is 0 Å². The lowest BCUT2D eigenvalue weighted by atomic mass is 10.1. The van der Waals surface area contributed by atoms with Crippen molar-refractivity contribution in [1.82, 2.24) is 0 Å². The summed E-state index contributed by atoms with van der Waals surface area (Å²) in [5.74, 6) is -1.13. The third-order valence-electron chi connectivity index (χ3n) is 2.15. The molecule has 1 aromatic carbocycles. The van der Waals surface area contributed by atoms with E-state index in [1.54, 1.807) is 0 Å². The molecule has 0 saturated carbocycles. The molecule has 6 nitrogen and oxygen atoms in total. The molecule has 0 aromatic heterocycles. The first-order chi connectivity index (χ1) is 9.71. The minimum Gasteiger partial charge on any atom is -0.462 e. The van der Waals surface area contributed by atoms with Gasteiger partial charge < -0.3 is 4.74 Å². The van der Waals surface area contributed by atoms with Gasteiger partial charge in [0.05, 0.1) is 17.1 Å². The van der Waals surface area contributed by atoms with Crippen molar-refractivity contribution >= 4 is 23.4 Å². The molecule has 21 heavy (non-hydrogen) atoms. The number of benzene rings is 1. The number of thioether (sulfide) groups is 1. The number of nitro groups is 1. The first kappa shape index (κ1) is 16.8. The van der Waals surface area contributed by atoms with Gasteiger partial charge in [0.25, 0.3) is 0 Å². The van der Waals surface area contributed by atoms with Crippen LogP contribution in [0.3, 0.4) is 0 Å².